The zero-order valence-electron chi connectivity index (χ0n) is 14.9. The van der Waals surface area contributed by atoms with Gasteiger partial charge >= 0.3 is 0 Å². The number of rotatable bonds is 7. The lowest BCUT2D eigenvalue weighted by Crippen LogP contribution is -2.12. The molecule has 0 fully saturated rings. The fraction of sp³-hybridized carbons (Fsp3) is 0.250. The minimum atomic E-state index is -0.0914. The molecule has 0 bridgehead atoms. The highest BCUT2D eigenvalue weighted by Crippen LogP contribution is 2.27. The van der Waals surface area contributed by atoms with Crippen LogP contribution in [0, 0.1) is 0 Å². The predicted octanol–water partition coefficient (Wildman–Crippen LogP) is 3.88. The van der Waals surface area contributed by atoms with Crippen molar-refractivity contribution in [3.63, 3.8) is 0 Å². The fourth-order valence-corrected chi connectivity index (χ4v) is 2.56. The van der Waals surface area contributed by atoms with Crippen LogP contribution in [0.5, 0.6) is 5.75 Å². The van der Waals surface area contributed by atoms with Gasteiger partial charge in [0, 0.05) is 18.5 Å². The van der Waals surface area contributed by atoms with Crippen LogP contribution in [0.1, 0.15) is 24.8 Å². The number of carbonyl (C=O) groups is 1. The first-order valence-corrected chi connectivity index (χ1v) is 8.54. The van der Waals surface area contributed by atoms with E-state index in [0.717, 1.165) is 17.7 Å². The summed E-state index contributed by atoms with van der Waals surface area (Å²) in [4.78, 5) is 16.4. The molecule has 0 spiro atoms. The SMILES string of the molecule is CCc1ccc(NC(=O)CCc2nc(-c3ccccc3OC)no2)cc1. The van der Waals surface area contributed by atoms with Gasteiger partial charge in [0.2, 0.25) is 17.6 Å². The summed E-state index contributed by atoms with van der Waals surface area (Å²) in [5, 5.41) is 6.85. The molecule has 1 aromatic heterocycles. The zero-order valence-corrected chi connectivity index (χ0v) is 14.9. The number of ether oxygens (including phenoxy) is 1. The van der Waals surface area contributed by atoms with Crippen molar-refractivity contribution in [3.05, 3.63) is 60.0 Å². The first-order valence-electron chi connectivity index (χ1n) is 8.54. The standard InChI is InChI=1S/C20H21N3O3/c1-3-14-8-10-15(11-9-14)21-18(24)12-13-19-22-20(23-26-19)16-6-4-5-7-17(16)25-2/h4-11H,3,12-13H2,1-2H3,(H,21,24). The molecule has 0 aliphatic carbocycles. The minimum absolute atomic E-state index is 0.0914. The van der Waals surface area contributed by atoms with Crippen LogP contribution in [-0.4, -0.2) is 23.2 Å². The van der Waals surface area contributed by atoms with Crippen LogP contribution in [0.3, 0.4) is 0 Å². The van der Waals surface area contributed by atoms with E-state index in [0.29, 0.717) is 23.9 Å². The van der Waals surface area contributed by atoms with Crippen LogP contribution in [0.15, 0.2) is 53.1 Å². The Morgan fingerprint density at radius 1 is 1.15 bits per heavy atom. The van der Waals surface area contributed by atoms with Crippen molar-refractivity contribution in [1.29, 1.82) is 0 Å². The lowest BCUT2D eigenvalue weighted by molar-refractivity contribution is -0.116. The number of amides is 1. The van der Waals surface area contributed by atoms with Gasteiger partial charge in [-0.15, -0.1) is 0 Å². The minimum Gasteiger partial charge on any atom is -0.496 e. The largest absolute Gasteiger partial charge is 0.496 e. The number of hydrogen-bond donors (Lipinski definition) is 1. The van der Waals surface area contributed by atoms with Crippen molar-refractivity contribution in [3.8, 4) is 17.1 Å². The zero-order chi connectivity index (χ0) is 18.4. The van der Waals surface area contributed by atoms with Crippen molar-refractivity contribution < 1.29 is 14.1 Å². The summed E-state index contributed by atoms with van der Waals surface area (Å²) in [6, 6.07) is 15.3. The molecule has 6 heteroatoms. The van der Waals surface area contributed by atoms with Gasteiger partial charge in [-0.2, -0.15) is 4.98 Å². The average molecular weight is 351 g/mol. The molecule has 3 rings (SSSR count). The molecule has 0 aliphatic heterocycles. The van der Waals surface area contributed by atoms with Crippen LogP contribution in [-0.2, 0) is 17.6 Å². The van der Waals surface area contributed by atoms with Gasteiger partial charge in [0.1, 0.15) is 5.75 Å². The van der Waals surface area contributed by atoms with Crippen LogP contribution in [0.25, 0.3) is 11.4 Å². The molecule has 3 aromatic rings. The normalized spacial score (nSPS) is 10.5. The number of para-hydroxylation sites is 1. The fourth-order valence-electron chi connectivity index (χ4n) is 2.56. The van der Waals surface area contributed by atoms with Gasteiger partial charge in [0.05, 0.1) is 12.7 Å². The third-order valence-electron chi connectivity index (χ3n) is 4.03. The summed E-state index contributed by atoms with van der Waals surface area (Å²) >= 11 is 0. The Bertz CT molecular complexity index is 872. The van der Waals surface area contributed by atoms with Crippen molar-refractivity contribution in [2.75, 3.05) is 12.4 Å². The smallest absolute Gasteiger partial charge is 0.227 e. The average Bonchev–Trinajstić information content (AvgIpc) is 3.16. The number of carbonyl (C=O) groups excluding carboxylic acids is 1. The van der Waals surface area contributed by atoms with Crippen LogP contribution in [0.2, 0.25) is 0 Å². The Morgan fingerprint density at radius 3 is 2.65 bits per heavy atom. The molecule has 0 aliphatic rings. The van der Waals surface area contributed by atoms with E-state index in [1.54, 1.807) is 7.11 Å². The Labute approximate surface area is 152 Å². The van der Waals surface area contributed by atoms with E-state index < -0.39 is 0 Å². The molecule has 1 amide bonds. The molecule has 2 aromatic carbocycles. The molecule has 0 radical (unpaired) electrons. The maximum atomic E-state index is 12.1. The van der Waals surface area contributed by atoms with Crippen molar-refractivity contribution in [2.45, 2.75) is 26.2 Å². The second-order valence-corrected chi connectivity index (χ2v) is 5.81. The summed E-state index contributed by atoms with van der Waals surface area (Å²) in [7, 11) is 1.59. The maximum absolute atomic E-state index is 12.1. The Morgan fingerprint density at radius 2 is 1.92 bits per heavy atom. The molecular formula is C20H21N3O3. The first-order chi connectivity index (χ1) is 12.7. The molecule has 6 nitrogen and oxygen atoms in total. The van der Waals surface area contributed by atoms with Crippen molar-refractivity contribution in [2.24, 2.45) is 0 Å². The Hall–Kier alpha value is -3.15. The van der Waals surface area contributed by atoms with Gasteiger partial charge < -0.3 is 14.6 Å². The second kappa shape index (κ2) is 8.29. The van der Waals surface area contributed by atoms with Gasteiger partial charge in [-0.25, -0.2) is 0 Å². The van der Waals surface area contributed by atoms with Gasteiger partial charge in [-0.3, -0.25) is 4.79 Å². The van der Waals surface area contributed by atoms with E-state index in [4.69, 9.17) is 9.26 Å². The Balaban J connectivity index is 1.58. The number of aromatic nitrogens is 2. The molecule has 134 valence electrons. The summed E-state index contributed by atoms with van der Waals surface area (Å²) in [5.41, 5.74) is 2.77. The number of nitrogens with zero attached hydrogens (tertiary/aromatic N) is 2. The second-order valence-electron chi connectivity index (χ2n) is 5.81. The van der Waals surface area contributed by atoms with Gasteiger partial charge in [0.25, 0.3) is 0 Å². The lowest BCUT2D eigenvalue weighted by Gasteiger charge is -2.05. The third kappa shape index (κ3) is 4.27. The number of hydrogen-bond acceptors (Lipinski definition) is 5. The highest BCUT2D eigenvalue weighted by atomic mass is 16.5. The summed E-state index contributed by atoms with van der Waals surface area (Å²) < 4.78 is 10.6. The number of anilines is 1. The molecular weight excluding hydrogens is 330 g/mol. The van der Waals surface area contributed by atoms with E-state index >= 15 is 0 Å². The molecule has 0 saturated carbocycles. The lowest BCUT2D eigenvalue weighted by atomic mass is 10.1. The van der Waals surface area contributed by atoms with Crippen LogP contribution in [0.4, 0.5) is 5.69 Å². The summed E-state index contributed by atoms with van der Waals surface area (Å²) in [6.45, 7) is 2.09. The van der Waals surface area contributed by atoms with Gasteiger partial charge in [-0.1, -0.05) is 36.3 Å². The molecule has 0 atom stereocenters. The van der Waals surface area contributed by atoms with Crippen LogP contribution < -0.4 is 10.1 Å². The molecule has 0 saturated heterocycles. The van der Waals surface area contributed by atoms with E-state index in [1.165, 1.54) is 5.56 Å². The number of nitrogens with one attached hydrogen (secondary N) is 1. The van der Waals surface area contributed by atoms with Crippen LogP contribution >= 0.6 is 0 Å². The topological polar surface area (TPSA) is 77.2 Å². The van der Waals surface area contributed by atoms with Crippen molar-refractivity contribution in [1.82, 2.24) is 10.1 Å². The number of aryl methyl sites for hydroxylation is 2. The first kappa shape index (κ1) is 17.7. The monoisotopic (exact) mass is 351 g/mol. The van der Waals surface area contributed by atoms with Gasteiger partial charge in [0.15, 0.2) is 0 Å². The highest BCUT2D eigenvalue weighted by molar-refractivity contribution is 5.90. The highest BCUT2D eigenvalue weighted by Gasteiger charge is 2.14. The molecule has 0 unspecified atom stereocenters. The van der Waals surface area contributed by atoms with E-state index in [2.05, 4.69) is 22.4 Å². The quantitative estimate of drug-likeness (QED) is 0.699. The van der Waals surface area contributed by atoms with E-state index in [-0.39, 0.29) is 12.3 Å². The summed E-state index contributed by atoms with van der Waals surface area (Å²) in [5.74, 6) is 1.45. The summed E-state index contributed by atoms with van der Waals surface area (Å²) in [6.07, 6.45) is 1.62. The molecule has 26 heavy (non-hydrogen) atoms. The van der Waals surface area contributed by atoms with E-state index in [9.17, 15) is 4.79 Å². The molecule has 1 heterocycles. The van der Waals surface area contributed by atoms with Gasteiger partial charge in [-0.05, 0) is 36.2 Å². The number of benzene rings is 2. The predicted molar refractivity (Wildman–Crippen MR) is 99.1 cm³/mol. The maximum Gasteiger partial charge on any atom is 0.227 e. The Kier molecular flexibility index (Phi) is 5.63. The number of methoxy groups -OCH3 is 1. The molecule has 1 N–H and O–H groups in total. The van der Waals surface area contributed by atoms with Crippen molar-refractivity contribution >= 4 is 11.6 Å². The third-order valence-corrected chi connectivity index (χ3v) is 4.03. The van der Waals surface area contributed by atoms with E-state index in [1.807, 2.05) is 48.5 Å².